The second kappa shape index (κ2) is 7.42. The zero-order chi connectivity index (χ0) is 19.6. The molecule has 1 saturated carbocycles. The first-order chi connectivity index (χ1) is 12.8. The Kier molecular flexibility index (Phi) is 5.21. The molecule has 2 aromatic rings. The Morgan fingerprint density at radius 3 is 2.33 bits per heavy atom. The van der Waals surface area contributed by atoms with Crippen molar-refractivity contribution < 1.29 is 22.8 Å². The standard InChI is InChI=1S/C20H19F3N2O2/c1-25(12-13-7-3-2-4-8-13)19(27)15-11-14(15)18(26)24-17-10-6-5-9-16(17)20(21,22)23/h2-10,14-15H,11-12H2,1H3,(H,24,26). The molecule has 0 saturated heterocycles. The van der Waals surface area contributed by atoms with Crippen LogP contribution in [0.4, 0.5) is 18.9 Å². The molecule has 1 N–H and O–H groups in total. The molecule has 0 radical (unpaired) electrons. The lowest BCUT2D eigenvalue weighted by atomic mass is 10.1. The predicted octanol–water partition coefficient (Wildman–Crippen LogP) is 3.94. The Labute approximate surface area is 155 Å². The lowest BCUT2D eigenvalue weighted by Gasteiger charge is -2.17. The molecule has 2 atom stereocenters. The van der Waals surface area contributed by atoms with Gasteiger partial charge in [-0.25, -0.2) is 0 Å². The third-order valence-electron chi connectivity index (χ3n) is 4.57. The second-order valence-corrected chi connectivity index (χ2v) is 6.66. The summed E-state index contributed by atoms with van der Waals surface area (Å²) in [6, 6.07) is 14.2. The molecule has 0 aromatic heterocycles. The van der Waals surface area contributed by atoms with Crippen LogP contribution in [0.5, 0.6) is 0 Å². The van der Waals surface area contributed by atoms with Crippen LogP contribution in [0, 0.1) is 11.8 Å². The predicted molar refractivity (Wildman–Crippen MR) is 94.6 cm³/mol. The summed E-state index contributed by atoms with van der Waals surface area (Å²) in [5.41, 5.74) is -0.220. The van der Waals surface area contributed by atoms with Crippen molar-refractivity contribution in [1.82, 2.24) is 4.90 Å². The van der Waals surface area contributed by atoms with Gasteiger partial charge in [-0.05, 0) is 24.1 Å². The summed E-state index contributed by atoms with van der Waals surface area (Å²) in [6.45, 7) is 0.418. The molecule has 0 heterocycles. The van der Waals surface area contributed by atoms with E-state index < -0.39 is 29.5 Å². The van der Waals surface area contributed by atoms with Crippen molar-refractivity contribution in [3.63, 3.8) is 0 Å². The molecule has 0 aliphatic heterocycles. The minimum absolute atomic E-state index is 0.178. The van der Waals surface area contributed by atoms with Crippen LogP contribution >= 0.6 is 0 Å². The van der Waals surface area contributed by atoms with Crippen LogP contribution in [-0.4, -0.2) is 23.8 Å². The van der Waals surface area contributed by atoms with Crippen molar-refractivity contribution in [2.45, 2.75) is 19.1 Å². The number of rotatable bonds is 5. The van der Waals surface area contributed by atoms with Gasteiger partial charge in [0.25, 0.3) is 0 Å². The maximum absolute atomic E-state index is 13.0. The van der Waals surface area contributed by atoms with Crippen LogP contribution in [0.1, 0.15) is 17.5 Å². The van der Waals surface area contributed by atoms with Gasteiger partial charge < -0.3 is 10.2 Å². The largest absolute Gasteiger partial charge is 0.418 e. The van der Waals surface area contributed by atoms with Crippen molar-refractivity contribution in [3.8, 4) is 0 Å². The molecule has 7 heteroatoms. The molecule has 0 spiro atoms. The Morgan fingerprint density at radius 1 is 1.04 bits per heavy atom. The van der Waals surface area contributed by atoms with Gasteiger partial charge in [-0.1, -0.05) is 42.5 Å². The summed E-state index contributed by atoms with van der Waals surface area (Å²) in [4.78, 5) is 26.3. The number of alkyl halides is 3. The van der Waals surface area contributed by atoms with E-state index in [-0.39, 0.29) is 11.6 Å². The molecular formula is C20H19F3N2O2. The van der Waals surface area contributed by atoms with E-state index in [4.69, 9.17) is 0 Å². The highest BCUT2D eigenvalue weighted by molar-refractivity contribution is 5.99. The monoisotopic (exact) mass is 376 g/mol. The van der Waals surface area contributed by atoms with Crippen LogP contribution in [-0.2, 0) is 22.3 Å². The number of benzene rings is 2. The van der Waals surface area contributed by atoms with Crippen molar-refractivity contribution in [2.24, 2.45) is 11.8 Å². The number of halogens is 3. The average molecular weight is 376 g/mol. The number of hydrogen-bond donors (Lipinski definition) is 1. The molecule has 27 heavy (non-hydrogen) atoms. The van der Waals surface area contributed by atoms with Gasteiger partial charge in [0.15, 0.2) is 0 Å². The first-order valence-corrected chi connectivity index (χ1v) is 8.53. The van der Waals surface area contributed by atoms with Gasteiger partial charge in [0.2, 0.25) is 11.8 Å². The summed E-state index contributed by atoms with van der Waals surface area (Å²) >= 11 is 0. The lowest BCUT2D eigenvalue weighted by molar-refractivity contribution is -0.137. The third-order valence-corrected chi connectivity index (χ3v) is 4.57. The van der Waals surface area contributed by atoms with E-state index in [9.17, 15) is 22.8 Å². The number of nitrogens with zero attached hydrogens (tertiary/aromatic N) is 1. The number of para-hydroxylation sites is 1. The maximum atomic E-state index is 13.0. The van der Waals surface area contributed by atoms with Gasteiger partial charge >= 0.3 is 6.18 Å². The summed E-state index contributed by atoms with van der Waals surface area (Å²) in [6.07, 6.45) is -4.21. The zero-order valence-electron chi connectivity index (χ0n) is 14.7. The number of carbonyl (C=O) groups is 2. The minimum Gasteiger partial charge on any atom is -0.341 e. The molecule has 2 unspecified atom stereocenters. The molecule has 2 amide bonds. The minimum atomic E-state index is -4.56. The Bertz CT molecular complexity index is 837. The van der Waals surface area contributed by atoms with Crippen molar-refractivity contribution in [1.29, 1.82) is 0 Å². The smallest absolute Gasteiger partial charge is 0.341 e. The van der Waals surface area contributed by atoms with E-state index in [1.807, 2.05) is 30.3 Å². The number of nitrogens with one attached hydrogen (secondary N) is 1. The molecular weight excluding hydrogens is 357 g/mol. The van der Waals surface area contributed by atoms with E-state index >= 15 is 0 Å². The Morgan fingerprint density at radius 2 is 1.67 bits per heavy atom. The summed E-state index contributed by atoms with van der Waals surface area (Å²) < 4.78 is 39.1. The van der Waals surface area contributed by atoms with Crippen molar-refractivity contribution in [3.05, 3.63) is 65.7 Å². The van der Waals surface area contributed by atoms with Crippen LogP contribution < -0.4 is 5.32 Å². The summed E-state index contributed by atoms with van der Waals surface area (Å²) in [5.74, 6) is -1.82. The fourth-order valence-corrected chi connectivity index (χ4v) is 3.04. The third kappa shape index (κ3) is 4.48. The first-order valence-electron chi connectivity index (χ1n) is 8.53. The van der Waals surface area contributed by atoms with Gasteiger partial charge in [0.05, 0.1) is 23.1 Å². The fourth-order valence-electron chi connectivity index (χ4n) is 3.04. The Hall–Kier alpha value is -2.83. The van der Waals surface area contributed by atoms with Crippen molar-refractivity contribution in [2.75, 3.05) is 12.4 Å². The molecule has 1 aliphatic rings. The summed E-state index contributed by atoms with van der Waals surface area (Å²) in [7, 11) is 1.65. The molecule has 0 bridgehead atoms. The second-order valence-electron chi connectivity index (χ2n) is 6.66. The van der Waals surface area contributed by atoms with Gasteiger partial charge in [-0.2, -0.15) is 13.2 Å². The van der Waals surface area contributed by atoms with Crippen LogP contribution in [0.3, 0.4) is 0 Å². The van der Waals surface area contributed by atoms with Crippen LogP contribution in [0.25, 0.3) is 0 Å². The first kappa shape index (κ1) is 18.9. The topological polar surface area (TPSA) is 49.4 Å². The number of carbonyl (C=O) groups excluding carboxylic acids is 2. The molecule has 142 valence electrons. The van der Waals surface area contributed by atoms with Crippen LogP contribution in [0.15, 0.2) is 54.6 Å². The quantitative estimate of drug-likeness (QED) is 0.859. The highest BCUT2D eigenvalue weighted by Gasteiger charge is 2.49. The van der Waals surface area contributed by atoms with E-state index in [1.165, 1.54) is 23.1 Å². The molecule has 2 aromatic carbocycles. The molecule has 4 nitrogen and oxygen atoms in total. The maximum Gasteiger partial charge on any atom is 0.418 e. The van der Waals surface area contributed by atoms with Gasteiger partial charge in [-0.3, -0.25) is 9.59 Å². The number of hydrogen-bond acceptors (Lipinski definition) is 2. The van der Waals surface area contributed by atoms with E-state index in [0.717, 1.165) is 11.6 Å². The summed E-state index contributed by atoms with van der Waals surface area (Å²) in [5, 5.41) is 2.32. The molecule has 3 rings (SSSR count). The average Bonchev–Trinajstić information content (AvgIpc) is 3.42. The van der Waals surface area contributed by atoms with E-state index in [2.05, 4.69) is 5.32 Å². The highest BCUT2D eigenvalue weighted by atomic mass is 19.4. The van der Waals surface area contributed by atoms with Gasteiger partial charge in [-0.15, -0.1) is 0 Å². The fraction of sp³-hybridized carbons (Fsp3) is 0.300. The molecule has 1 fully saturated rings. The van der Waals surface area contributed by atoms with Crippen LogP contribution in [0.2, 0.25) is 0 Å². The normalized spacial score (nSPS) is 18.7. The lowest BCUT2D eigenvalue weighted by Crippen LogP contribution is -2.29. The van der Waals surface area contributed by atoms with Gasteiger partial charge in [0.1, 0.15) is 0 Å². The molecule has 1 aliphatic carbocycles. The van der Waals surface area contributed by atoms with Gasteiger partial charge in [0, 0.05) is 13.6 Å². The van der Waals surface area contributed by atoms with E-state index in [1.54, 1.807) is 7.05 Å². The Balaban J connectivity index is 1.60. The SMILES string of the molecule is CN(Cc1ccccc1)C(=O)C1CC1C(=O)Nc1ccccc1C(F)(F)F. The van der Waals surface area contributed by atoms with E-state index in [0.29, 0.717) is 13.0 Å². The van der Waals surface area contributed by atoms with Crippen molar-refractivity contribution >= 4 is 17.5 Å². The zero-order valence-corrected chi connectivity index (χ0v) is 14.7. The number of anilines is 1. The number of amides is 2. The highest BCUT2D eigenvalue weighted by Crippen LogP contribution is 2.42.